The third-order valence-corrected chi connectivity index (χ3v) is 3.38. The van der Waals surface area contributed by atoms with Crippen LogP contribution in [0, 0.1) is 5.41 Å². The molecule has 0 unspecified atom stereocenters. The van der Waals surface area contributed by atoms with Crippen LogP contribution in [0.1, 0.15) is 51.9 Å². The van der Waals surface area contributed by atoms with Crippen molar-refractivity contribution in [3.8, 4) is 0 Å². The average Bonchev–Trinajstić information content (AvgIpc) is 2.37. The first-order valence-electron chi connectivity index (χ1n) is 6.36. The van der Waals surface area contributed by atoms with E-state index in [9.17, 15) is 14.4 Å². The van der Waals surface area contributed by atoms with E-state index in [1.54, 1.807) is 0 Å². The number of carbonyl (C=O) groups is 3. The van der Waals surface area contributed by atoms with E-state index in [1.807, 2.05) is 6.92 Å². The monoisotopic (exact) mass is 236 g/mol. The molecular weight excluding hydrogens is 216 g/mol. The third kappa shape index (κ3) is 3.62. The van der Waals surface area contributed by atoms with Gasteiger partial charge in [0.1, 0.15) is 6.29 Å². The summed E-state index contributed by atoms with van der Waals surface area (Å²) in [6, 6.07) is 0. The van der Waals surface area contributed by atoms with Gasteiger partial charge in [-0.1, -0.05) is 26.2 Å². The predicted octanol–water partition coefficient (Wildman–Crippen LogP) is 2.63. The molecule has 0 atom stereocenters. The zero-order valence-corrected chi connectivity index (χ0v) is 10.4. The third-order valence-electron chi connectivity index (χ3n) is 3.38. The van der Waals surface area contributed by atoms with Gasteiger partial charge >= 0.3 is 0 Å². The zero-order chi connectivity index (χ0) is 12.7. The summed E-state index contributed by atoms with van der Waals surface area (Å²) >= 11 is 0. The first kappa shape index (κ1) is 13.8. The van der Waals surface area contributed by atoms with Gasteiger partial charge in [-0.3, -0.25) is 9.59 Å². The van der Waals surface area contributed by atoms with Gasteiger partial charge in [0.25, 0.3) is 0 Å². The predicted molar refractivity (Wildman–Crippen MR) is 65.6 cm³/mol. The van der Waals surface area contributed by atoms with Crippen LogP contribution in [-0.4, -0.2) is 17.9 Å². The number of aldehydes is 1. The summed E-state index contributed by atoms with van der Waals surface area (Å²) < 4.78 is 0. The lowest BCUT2D eigenvalue weighted by molar-refractivity contribution is -0.133. The first-order valence-corrected chi connectivity index (χ1v) is 6.36. The second-order valence-corrected chi connectivity index (χ2v) is 4.75. The van der Waals surface area contributed by atoms with E-state index < -0.39 is 5.41 Å². The molecule has 94 valence electrons. The molecular formula is C14H20O3. The second-order valence-electron chi connectivity index (χ2n) is 4.75. The Bertz CT molecular complexity index is 322. The van der Waals surface area contributed by atoms with E-state index in [1.165, 1.54) is 12.2 Å². The molecule has 0 amide bonds. The van der Waals surface area contributed by atoms with Crippen molar-refractivity contribution in [2.45, 2.75) is 51.9 Å². The summed E-state index contributed by atoms with van der Waals surface area (Å²) in [6.07, 6.45) is 8.81. The molecule has 0 aromatic heterocycles. The van der Waals surface area contributed by atoms with Gasteiger partial charge in [-0.15, -0.1) is 0 Å². The van der Waals surface area contributed by atoms with Crippen molar-refractivity contribution < 1.29 is 14.4 Å². The fourth-order valence-corrected chi connectivity index (χ4v) is 2.27. The smallest absolute Gasteiger partial charge is 0.169 e. The number of hydrogen-bond donors (Lipinski definition) is 0. The van der Waals surface area contributed by atoms with Crippen LogP contribution < -0.4 is 0 Å². The van der Waals surface area contributed by atoms with Crippen LogP contribution in [0.2, 0.25) is 0 Å². The van der Waals surface area contributed by atoms with Gasteiger partial charge in [0.15, 0.2) is 11.6 Å². The molecule has 1 rings (SSSR count). The lowest BCUT2D eigenvalue weighted by Gasteiger charge is -2.29. The van der Waals surface area contributed by atoms with Crippen molar-refractivity contribution in [3.63, 3.8) is 0 Å². The topological polar surface area (TPSA) is 51.2 Å². The summed E-state index contributed by atoms with van der Waals surface area (Å²) in [6.45, 7) is 1.92. The highest BCUT2D eigenvalue weighted by Crippen LogP contribution is 2.35. The Morgan fingerprint density at radius 3 is 2.29 bits per heavy atom. The Morgan fingerprint density at radius 2 is 1.76 bits per heavy atom. The molecule has 17 heavy (non-hydrogen) atoms. The van der Waals surface area contributed by atoms with Crippen molar-refractivity contribution >= 4 is 17.9 Å². The summed E-state index contributed by atoms with van der Waals surface area (Å²) in [5.41, 5.74) is -0.846. The maximum absolute atomic E-state index is 12.0. The Morgan fingerprint density at radius 1 is 1.12 bits per heavy atom. The van der Waals surface area contributed by atoms with Crippen LogP contribution in [0.5, 0.6) is 0 Å². The minimum atomic E-state index is -0.846. The number of ketones is 2. The van der Waals surface area contributed by atoms with Gasteiger partial charge < -0.3 is 4.79 Å². The molecule has 0 aromatic rings. The minimum Gasteiger partial charge on any atom is -0.302 e. The molecule has 0 heterocycles. The molecule has 0 saturated heterocycles. The number of allylic oxidation sites excluding steroid dienone is 2. The molecule has 0 spiro atoms. The summed E-state index contributed by atoms with van der Waals surface area (Å²) in [7, 11) is 0. The molecule has 1 saturated carbocycles. The fraction of sp³-hybridized carbons (Fsp3) is 0.643. The number of rotatable bonds is 6. The van der Waals surface area contributed by atoms with Gasteiger partial charge in [0, 0.05) is 6.42 Å². The van der Waals surface area contributed by atoms with Crippen molar-refractivity contribution in [1.29, 1.82) is 0 Å². The molecule has 1 aliphatic carbocycles. The first-order chi connectivity index (χ1) is 8.14. The molecule has 1 fully saturated rings. The van der Waals surface area contributed by atoms with Crippen LogP contribution in [0.4, 0.5) is 0 Å². The molecule has 1 aliphatic rings. The molecule has 3 heteroatoms. The van der Waals surface area contributed by atoms with Crippen LogP contribution in [-0.2, 0) is 14.4 Å². The Balaban J connectivity index is 2.66. The second kappa shape index (κ2) is 6.48. The molecule has 0 aliphatic heterocycles. The van der Waals surface area contributed by atoms with Crippen LogP contribution in [0.3, 0.4) is 0 Å². The molecule has 3 nitrogen and oxygen atoms in total. The quantitative estimate of drug-likeness (QED) is 0.404. The molecule has 0 bridgehead atoms. The van der Waals surface area contributed by atoms with Gasteiger partial charge in [-0.2, -0.15) is 0 Å². The van der Waals surface area contributed by atoms with E-state index in [2.05, 4.69) is 0 Å². The van der Waals surface area contributed by atoms with E-state index >= 15 is 0 Å². The Kier molecular flexibility index (Phi) is 5.26. The van der Waals surface area contributed by atoms with E-state index in [0.717, 1.165) is 32.0 Å². The SMILES string of the molecule is CCCC(=O)C=CC(=O)C1(C=O)CCCCC1. The normalized spacial score (nSPS) is 19.1. The van der Waals surface area contributed by atoms with Crippen LogP contribution >= 0.6 is 0 Å². The van der Waals surface area contributed by atoms with E-state index in [0.29, 0.717) is 19.3 Å². The highest BCUT2D eigenvalue weighted by molar-refractivity contribution is 6.07. The standard InChI is InChI=1S/C14H20O3/c1-2-6-12(16)7-8-13(17)14(11-15)9-4-3-5-10-14/h7-8,11H,2-6,9-10H2,1H3. The van der Waals surface area contributed by atoms with Gasteiger partial charge in [-0.25, -0.2) is 0 Å². The fourth-order valence-electron chi connectivity index (χ4n) is 2.27. The highest BCUT2D eigenvalue weighted by atomic mass is 16.1. The maximum atomic E-state index is 12.0. The van der Waals surface area contributed by atoms with Crippen molar-refractivity contribution in [3.05, 3.63) is 12.2 Å². The maximum Gasteiger partial charge on any atom is 0.169 e. The molecule has 0 aromatic carbocycles. The van der Waals surface area contributed by atoms with Gasteiger partial charge in [0.2, 0.25) is 0 Å². The lowest BCUT2D eigenvalue weighted by atomic mass is 9.72. The number of hydrogen-bond acceptors (Lipinski definition) is 3. The summed E-state index contributed by atoms with van der Waals surface area (Å²) in [5.74, 6) is -0.241. The van der Waals surface area contributed by atoms with E-state index in [-0.39, 0.29) is 11.6 Å². The van der Waals surface area contributed by atoms with Crippen molar-refractivity contribution in [2.24, 2.45) is 5.41 Å². The van der Waals surface area contributed by atoms with Gasteiger partial charge in [0.05, 0.1) is 5.41 Å². The van der Waals surface area contributed by atoms with E-state index in [4.69, 9.17) is 0 Å². The van der Waals surface area contributed by atoms with Crippen LogP contribution in [0.25, 0.3) is 0 Å². The highest BCUT2D eigenvalue weighted by Gasteiger charge is 2.37. The summed E-state index contributed by atoms with van der Waals surface area (Å²) in [5, 5.41) is 0. The zero-order valence-electron chi connectivity index (χ0n) is 10.4. The Labute approximate surface area is 102 Å². The number of carbonyl (C=O) groups excluding carboxylic acids is 3. The Hall–Kier alpha value is -1.25. The average molecular weight is 236 g/mol. The lowest BCUT2D eigenvalue weighted by Crippen LogP contribution is -2.33. The summed E-state index contributed by atoms with van der Waals surface area (Å²) in [4.78, 5) is 34.4. The largest absolute Gasteiger partial charge is 0.302 e. The van der Waals surface area contributed by atoms with Crippen molar-refractivity contribution in [2.75, 3.05) is 0 Å². The van der Waals surface area contributed by atoms with Crippen molar-refractivity contribution in [1.82, 2.24) is 0 Å². The van der Waals surface area contributed by atoms with Crippen LogP contribution in [0.15, 0.2) is 12.2 Å². The minimum absolute atomic E-state index is 0.0438. The molecule has 0 N–H and O–H groups in total. The molecule has 0 radical (unpaired) electrons. The van der Waals surface area contributed by atoms with Gasteiger partial charge in [-0.05, 0) is 31.4 Å².